The predicted molar refractivity (Wildman–Crippen MR) is 141 cm³/mol. The third-order valence-corrected chi connectivity index (χ3v) is 7.49. The van der Waals surface area contributed by atoms with E-state index in [0.29, 0.717) is 12.0 Å². The first-order valence-corrected chi connectivity index (χ1v) is 13.0. The van der Waals surface area contributed by atoms with Crippen LogP contribution in [0.2, 0.25) is 0 Å². The lowest BCUT2D eigenvalue weighted by molar-refractivity contribution is -0.00629. The number of hydrogen-bond acceptors (Lipinski definition) is 3. The molecular formula is C31H32F3NO2. The first-order chi connectivity index (χ1) is 18.1. The molecule has 0 aromatic heterocycles. The van der Waals surface area contributed by atoms with Crippen LogP contribution in [0.25, 0.3) is 11.1 Å². The van der Waals surface area contributed by atoms with Gasteiger partial charge in [0, 0.05) is 24.2 Å². The van der Waals surface area contributed by atoms with Crippen LogP contribution in [0, 0.1) is 12.7 Å². The SMILES string of the molecule is Cc1c(F)cccc1C1=C(c2ccc(O[C@H]3CCN(CCCF)C3)cc2)c2ccc(OF)cc2CCC1. The summed E-state index contributed by atoms with van der Waals surface area (Å²) in [4.78, 5) is 6.26. The van der Waals surface area contributed by atoms with E-state index in [1.54, 1.807) is 18.2 Å². The van der Waals surface area contributed by atoms with E-state index in [2.05, 4.69) is 9.84 Å². The van der Waals surface area contributed by atoms with E-state index in [1.165, 1.54) is 6.07 Å². The van der Waals surface area contributed by atoms with Gasteiger partial charge in [-0.3, -0.25) is 14.2 Å². The standard InChI is InChI=1S/C31H32F3NO2/c1-21-27(6-3-8-30(21)33)29-7-2-5-23-19-25(37-34)13-14-28(23)31(29)22-9-11-24(12-10-22)36-26-15-18-35(20-26)17-4-16-32/h3,6,8-14,19,26H,2,4-5,7,15-18,20H2,1H3/t26-/m0/s1. The van der Waals surface area contributed by atoms with Crippen molar-refractivity contribution < 1.29 is 23.0 Å². The fourth-order valence-corrected chi connectivity index (χ4v) is 5.62. The first-order valence-electron chi connectivity index (χ1n) is 13.0. The number of alkyl halides is 1. The van der Waals surface area contributed by atoms with Crippen molar-refractivity contribution in [2.24, 2.45) is 0 Å². The number of aryl methyl sites for hydroxylation is 1. The van der Waals surface area contributed by atoms with Crippen LogP contribution in [0.15, 0.2) is 60.7 Å². The van der Waals surface area contributed by atoms with Gasteiger partial charge in [-0.25, -0.2) is 4.39 Å². The molecule has 0 unspecified atom stereocenters. The Hall–Kier alpha value is -3.25. The molecule has 3 aromatic rings. The summed E-state index contributed by atoms with van der Waals surface area (Å²) in [5, 5.41) is 0. The maximum Gasteiger partial charge on any atom is 0.172 e. The van der Waals surface area contributed by atoms with Crippen molar-refractivity contribution in [3.63, 3.8) is 0 Å². The summed E-state index contributed by atoms with van der Waals surface area (Å²) in [6, 6.07) is 18.5. The fraction of sp³-hybridized carbons (Fsp3) is 0.355. The fourth-order valence-electron chi connectivity index (χ4n) is 5.62. The minimum absolute atomic E-state index is 0.0907. The van der Waals surface area contributed by atoms with E-state index in [9.17, 15) is 13.3 Å². The average molecular weight is 508 g/mol. The molecule has 6 heteroatoms. The molecule has 0 bridgehead atoms. The molecule has 3 nitrogen and oxygen atoms in total. The Labute approximate surface area is 216 Å². The van der Waals surface area contributed by atoms with Gasteiger partial charge >= 0.3 is 0 Å². The van der Waals surface area contributed by atoms with E-state index < -0.39 is 0 Å². The molecule has 1 saturated heterocycles. The van der Waals surface area contributed by atoms with Gasteiger partial charge in [0.15, 0.2) is 5.75 Å². The van der Waals surface area contributed by atoms with E-state index >= 15 is 0 Å². The van der Waals surface area contributed by atoms with Crippen LogP contribution in [0.1, 0.15) is 53.5 Å². The van der Waals surface area contributed by atoms with Crippen molar-refractivity contribution in [3.8, 4) is 11.5 Å². The third kappa shape index (κ3) is 5.54. The lowest BCUT2D eigenvalue weighted by Crippen LogP contribution is -2.26. The Morgan fingerprint density at radius 3 is 2.57 bits per heavy atom. The Morgan fingerprint density at radius 2 is 1.78 bits per heavy atom. The summed E-state index contributed by atoms with van der Waals surface area (Å²) in [6.45, 7) is 4.02. The average Bonchev–Trinajstić information content (AvgIpc) is 3.28. The molecule has 0 radical (unpaired) electrons. The molecule has 1 aliphatic heterocycles. The molecule has 2 aliphatic rings. The minimum Gasteiger partial charge on any atom is -0.489 e. The van der Waals surface area contributed by atoms with Crippen LogP contribution >= 0.6 is 0 Å². The zero-order chi connectivity index (χ0) is 25.8. The predicted octanol–water partition coefficient (Wildman–Crippen LogP) is 7.51. The van der Waals surface area contributed by atoms with Crippen molar-refractivity contribution in [1.82, 2.24) is 4.90 Å². The number of rotatable bonds is 8. The number of ether oxygens (including phenoxy) is 1. The third-order valence-electron chi connectivity index (χ3n) is 7.49. The Morgan fingerprint density at radius 1 is 0.973 bits per heavy atom. The number of benzene rings is 3. The highest BCUT2D eigenvalue weighted by Crippen LogP contribution is 2.42. The zero-order valence-electron chi connectivity index (χ0n) is 21.1. The van der Waals surface area contributed by atoms with Gasteiger partial charge in [0.05, 0.1) is 6.67 Å². The summed E-state index contributed by atoms with van der Waals surface area (Å²) in [5.41, 5.74) is 6.64. The van der Waals surface area contributed by atoms with Crippen LogP contribution in [-0.2, 0) is 6.42 Å². The molecule has 0 spiro atoms. The van der Waals surface area contributed by atoms with E-state index in [4.69, 9.17) is 4.74 Å². The van der Waals surface area contributed by atoms with Gasteiger partial charge in [0.25, 0.3) is 0 Å². The smallest absolute Gasteiger partial charge is 0.172 e. The molecule has 194 valence electrons. The molecule has 1 heterocycles. The number of halogens is 3. The highest BCUT2D eigenvalue weighted by Gasteiger charge is 2.25. The zero-order valence-corrected chi connectivity index (χ0v) is 21.1. The molecule has 1 aliphatic carbocycles. The van der Waals surface area contributed by atoms with Crippen LogP contribution in [0.3, 0.4) is 0 Å². The highest BCUT2D eigenvalue weighted by molar-refractivity contribution is 6.00. The molecule has 0 N–H and O–H groups in total. The Balaban J connectivity index is 1.50. The second-order valence-electron chi connectivity index (χ2n) is 9.91. The highest BCUT2D eigenvalue weighted by atomic mass is 19.3. The molecule has 1 fully saturated rings. The van der Waals surface area contributed by atoms with Crippen LogP contribution < -0.4 is 9.68 Å². The Kier molecular flexibility index (Phi) is 7.85. The molecular weight excluding hydrogens is 475 g/mol. The van der Waals surface area contributed by atoms with Crippen molar-refractivity contribution in [1.29, 1.82) is 0 Å². The maximum absolute atomic E-state index is 14.6. The summed E-state index contributed by atoms with van der Waals surface area (Å²) in [5.74, 6) is 0.750. The number of allylic oxidation sites excluding steroid dienone is 1. The normalized spacial score (nSPS) is 18.0. The van der Waals surface area contributed by atoms with Gasteiger partial charge in [-0.2, -0.15) is 0 Å². The second kappa shape index (κ2) is 11.4. The summed E-state index contributed by atoms with van der Waals surface area (Å²) >= 11 is 0. The number of hydrogen-bond donors (Lipinski definition) is 0. The van der Waals surface area contributed by atoms with Gasteiger partial charge in [-0.1, -0.05) is 30.3 Å². The molecule has 37 heavy (non-hydrogen) atoms. The van der Waals surface area contributed by atoms with Gasteiger partial charge in [-0.05, 0) is 108 Å². The van der Waals surface area contributed by atoms with Crippen LogP contribution in [-0.4, -0.2) is 37.3 Å². The van der Waals surface area contributed by atoms with Crippen molar-refractivity contribution in [2.45, 2.75) is 45.1 Å². The van der Waals surface area contributed by atoms with Crippen molar-refractivity contribution in [3.05, 3.63) is 94.3 Å². The summed E-state index contributed by atoms with van der Waals surface area (Å²) in [7, 11) is 0. The lowest BCUT2D eigenvalue weighted by atomic mass is 9.86. The van der Waals surface area contributed by atoms with E-state index in [0.717, 1.165) is 84.5 Å². The lowest BCUT2D eigenvalue weighted by Gasteiger charge is -2.19. The minimum atomic E-state index is -0.290. The quantitative estimate of drug-likeness (QED) is 0.315. The second-order valence-corrected chi connectivity index (χ2v) is 9.91. The van der Waals surface area contributed by atoms with E-state index in [-0.39, 0.29) is 24.3 Å². The summed E-state index contributed by atoms with van der Waals surface area (Å²) < 4.78 is 46.3. The number of nitrogens with zero attached hydrogens (tertiary/aromatic N) is 1. The first kappa shape index (κ1) is 25.4. The number of fused-ring (bicyclic) bond motifs is 1. The van der Waals surface area contributed by atoms with Gasteiger partial charge in [0.2, 0.25) is 0 Å². The number of likely N-dealkylation sites (tertiary alicyclic amines) is 1. The van der Waals surface area contributed by atoms with Gasteiger partial charge in [0.1, 0.15) is 17.7 Å². The maximum atomic E-state index is 14.6. The molecule has 3 aromatic carbocycles. The van der Waals surface area contributed by atoms with E-state index in [1.807, 2.05) is 43.3 Å². The van der Waals surface area contributed by atoms with Crippen LogP contribution in [0.5, 0.6) is 11.5 Å². The monoisotopic (exact) mass is 507 g/mol. The molecule has 5 rings (SSSR count). The topological polar surface area (TPSA) is 21.7 Å². The van der Waals surface area contributed by atoms with Crippen molar-refractivity contribution >= 4 is 11.1 Å². The van der Waals surface area contributed by atoms with Crippen LogP contribution in [0.4, 0.5) is 13.3 Å². The Bertz CT molecular complexity index is 1270. The molecule has 0 saturated carbocycles. The summed E-state index contributed by atoms with van der Waals surface area (Å²) in [6.07, 6.45) is 3.98. The van der Waals surface area contributed by atoms with Crippen molar-refractivity contribution in [2.75, 3.05) is 26.3 Å². The largest absolute Gasteiger partial charge is 0.489 e. The molecule has 1 atom stereocenters. The molecule has 0 amide bonds. The van der Waals surface area contributed by atoms with Gasteiger partial charge < -0.3 is 4.74 Å². The van der Waals surface area contributed by atoms with Gasteiger partial charge in [-0.15, -0.1) is 0 Å².